The van der Waals surface area contributed by atoms with Gasteiger partial charge >= 0.3 is 0 Å². The maximum Gasteiger partial charge on any atom is 0.236 e. The zero-order valence-electron chi connectivity index (χ0n) is 11.3. The van der Waals surface area contributed by atoms with E-state index in [-0.39, 0.29) is 18.4 Å². The van der Waals surface area contributed by atoms with Crippen LogP contribution in [0.5, 0.6) is 0 Å². The molecule has 2 fully saturated rings. The number of carbonyl (C=O) groups excluding carboxylic acids is 1. The second kappa shape index (κ2) is 7.31. The lowest BCUT2D eigenvalue weighted by atomic mass is 9.99. The molecule has 106 valence electrons. The van der Waals surface area contributed by atoms with E-state index in [1.165, 1.54) is 0 Å². The van der Waals surface area contributed by atoms with Gasteiger partial charge in [-0.25, -0.2) is 0 Å². The Morgan fingerprint density at radius 1 is 1.22 bits per heavy atom. The van der Waals surface area contributed by atoms with E-state index in [0.717, 1.165) is 57.8 Å². The molecule has 0 bridgehead atoms. The number of hydrogen-bond donors (Lipinski definition) is 1. The molecule has 1 amide bonds. The van der Waals surface area contributed by atoms with Crippen molar-refractivity contribution in [1.29, 1.82) is 0 Å². The lowest BCUT2D eigenvalue weighted by molar-refractivity contribution is -0.134. The molecule has 0 saturated carbocycles. The summed E-state index contributed by atoms with van der Waals surface area (Å²) in [5.41, 5.74) is 5.93. The molecule has 2 aliphatic heterocycles. The van der Waals surface area contributed by atoms with E-state index in [4.69, 9.17) is 5.73 Å². The van der Waals surface area contributed by atoms with Crippen LogP contribution in [0.25, 0.3) is 0 Å². The maximum atomic E-state index is 12.1. The molecule has 4 nitrogen and oxygen atoms in total. The molecule has 2 heterocycles. The Morgan fingerprint density at radius 2 is 1.89 bits per heavy atom. The van der Waals surface area contributed by atoms with E-state index in [2.05, 4.69) is 11.8 Å². The van der Waals surface area contributed by atoms with Gasteiger partial charge in [0.2, 0.25) is 5.91 Å². The Balaban J connectivity index is 0.00000162. The summed E-state index contributed by atoms with van der Waals surface area (Å²) in [5.74, 6) is 1.08. The Labute approximate surface area is 116 Å². The summed E-state index contributed by atoms with van der Waals surface area (Å²) < 4.78 is 0. The number of nitrogens with two attached hydrogens (primary N) is 1. The van der Waals surface area contributed by atoms with Gasteiger partial charge < -0.3 is 10.6 Å². The highest BCUT2D eigenvalue weighted by molar-refractivity contribution is 5.85. The zero-order chi connectivity index (χ0) is 12.3. The number of carbonyl (C=O) groups is 1. The van der Waals surface area contributed by atoms with Crippen LogP contribution in [-0.2, 0) is 4.79 Å². The molecule has 18 heavy (non-hydrogen) atoms. The predicted octanol–water partition coefficient (Wildman–Crippen LogP) is 1.09. The van der Waals surface area contributed by atoms with E-state index in [0.29, 0.717) is 12.5 Å². The third-order valence-electron chi connectivity index (χ3n) is 4.04. The van der Waals surface area contributed by atoms with Crippen molar-refractivity contribution in [2.45, 2.75) is 38.6 Å². The van der Waals surface area contributed by atoms with Crippen LogP contribution in [-0.4, -0.2) is 54.5 Å². The van der Waals surface area contributed by atoms with Crippen LogP contribution >= 0.6 is 12.4 Å². The lowest BCUT2D eigenvalue weighted by Gasteiger charge is -2.34. The summed E-state index contributed by atoms with van der Waals surface area (Å²) in [7, 11) is 0. The molecule has 0 aliphatic carbocycles. The van der Waals surface area contributed by atoms with E-state index in [9.17, 15) is 4.79 Å². The van der Waals surface area contributed by atoms with E-state index in [1.807, 2.05) is 4.90 Å². The topological polar surface area (TPSA) is 49.6 Å². The number of likely N-dealkylation sites (tertiary alicyclic amines) is 2. The first-order valence-corrected chi connectivity index (χ1v) is 6.91. The van der Waals surface area contributed by atoms with E-state index in [1.54, 1.807) is 0 Å². The standard InChI is InChI=1S/C13H25N3O.ClH/c1-11-4-7-16(8-5-11)13(17)10-15-6-2-3-12(14)9-15;/h11-12H,2-10,14H2,1H3;1H. The van der Waals surface area contributed by atoms with Crippen LogP contribution in [0, 0.1) is 5.92 Å². The van der Waals surface area contributed by atoms with Crippen molar-refractivity contribution in [3.63, 3.8) is 0 Å². The molecular weight excluding hydrogens is 250 g/mol. The first kappa shape index (κ1) is 15.7. The molecule has 1 unspecified atom stereocenters. The van der Waals surface area contributed by atoms with Gasteiger partial charge in [-0.3, -0.25) is 9.69 Å². The Kier molecular flexibility index (Phi) is 6.39. The van der Waals surface area contributed by atoms with Gasteiger partial charge in [-0.2, -0.15) is 0 Å². The first-order chi connectivity index (χ1) is 8.15. The molecule has 5 heteroatoms. The van der Waals surface area contributed by atoms with Gasteiger partial charge in [0, 0.05) is 25.7 Å². The smallest absolute Gasteiger partial charge is 0.236 e. The monoisotopic (exact) mass is 275 g/mol. The van der Waals surface area contributed by atoms with Gasteiger partial charge in [-0.1, -0.05) is 6.92 Å². The molecule has 0 aromatic rings. The van der Waals surface area contributed by atoms with Crippen molar-refractivity contribution in [1.82, 2.24) is 9.80 Å². The fraction of sp³-hybridized carbons (Fsp3) is 0.923. The minimum atomic E-state index is 0. The van der Waals surface area contributed by atoms with Gasteiger partial charge in [0.25, 0.3) is 0 Å². The highest BCUT2D eigenvalue weighted by Crippen LogP contribution is 2.16. The third kappa shape index (κ3) is 4.41. The van der Waals surface area contributed by atoms with Crippen molar-refractivity contribution in [2.75, 3.05) is 32.7 Å². The summed E-state index contributed by atoms with van der Waals surface area (Å²) in [6, 6.07) is 0.262. The minimum Gasteiger partial charge on any atom is -0.342 e. The molecular formula is C13H26ClN3O. The number of piperidine rings is 2. The molecule has 0 aromatic heterocycles. The van der Waals surface area contributed by atoms with Crippen molar-refractivity contribution < 1.29 is 4.79 Å². The van der Waals surface area contributed by atoms with E-state index < -0.39 is 0 Å². The van der Waals surface area contributed by atoms with Crippen molar-refractivity contribution >= 4 is 18.3 Å². The minimum absolute atomic E-state index is 0. The van der Waals surface area contributed by atoms with Gasteiger partial charge in [0.1, 0.15) is 0 Å². The zero-order valence-corrected chi connectivity index (χ0v) is 12.1. The summed E-state index contributed by atoms with van der Waals surface area (Å²) in [5, 5.41) is 0. The summed E-state index contributed by atoms with van der Waals surface area (Å²) in [4.78, 5) is 16.4. The normalized spacial score (nSPS) is 26.8. The molecule has 0 aromatic carbocycles. The van der Waals surface area contributed by atoms with Gasteiger partial charge in [-0.15, -0.1) is 12.4 Å². The SMILES string of the molecule is CC1CCN(C(=O)CN2CCCC(N)C2)CC1.Cl. The van der Waals surface area contributed by atoms with Crippen LogP contribution in [0.3, 0.4) is 0 Å². The fourth-order valence-electron chi connectivity index (χ4n) is 2.78. The highest BCUT2D eigenvalue weighted by Gasteiger charge is 2.24. The maximum absolute atomic E-state index is 12.1. The Morgan fingerprint density at radius 3 is 2.50 bits per heavy atom. The third-order valence-corrected chi connectivity index (χ3v) is 4.04. The van der Waals surface area contributed by atoms with Gasteiger partial charge in [0.05, 0.1) is 6.54 Å². The van der Waals surface area contributed by atoms with Gasteiger partial charge in [-0.05, 0) is 38.1 Å². The van der Waals surface area contributed by atoms with Crippen molar-refractivity contribution in [3.8, 4) is 0 Å². The van der Waals surface area contributed by atoms with Crippen LogP contribution in [0.15, 0.2) is 0 Å². The quantitative estimate of drug-likeness (QED) is 0.821. The molecule has 2 saturated heterocycles. The number of nitrogens with zero attached hydrogens (tertiary/aromatic N) is 2. The van der Waals surface area contributed by atoms with Crippen LogP contribution in [0.4, 0.5) is 0 Å². The number of hydrogen-bond acceptors (Lipinski definition) is 3. The molecule has 2 rings (SSSR count). The fourth-order valence-corrected chi connectivity index (χ4v) is 2.78. The number of amides is 1. The average molecular weight is 276 g/mol. The van der Waals surface area contributed by atoms with Crippen LogP contribution in [0.1, 0.15) is 32.6 Å². The average Bonchev–Trinajstić information content (AvgIpc) is 2.29. The Bertz CT molecular complexity index is 267. The summed E-state index contributed by atoms with van der Waals surface area (Å²) >= 11 is 0. The first-order valence-electron chi connectivity index (χ1n) is 6.91. The number of halogens is 1. The van der Waals surface area contributed by atoms with Crippen LogP contribution < -0.4 is 5.73 Å². The molecule has 2 N–H and O–H groups in total. The molecule has 2 aliphatic rings. The molecule has 1 atom stereocenters. The van der Waals surface area contributed by atoms with E-state index >= 15 is 0 Å². The second-order valence-electron chi connectivity index (χ2n) is 5.70. The largest absolute Gasteiger partial charge is 0.342 e. The molecule has 0 spiro atoms. The number of rotatable bonds is 2. The highest BCUT2D eigenvalue weighted by atomic mass is 35.5. The second-order valence-corrected chi connectivity index (χ2v) is 5.70. The predicted molar refractivity (Wildman–Crippen MR) is 75.9 cm³/mol. The molecule has 0 radical (unpaired) electrons. The van der Waals surface area contributed by atoms with Crippen LogP contribution in [0.2, 0.25) is 0 Å². The van der Waals surface area contributed by atoms with Gasteiger partial charge in [0.15, 0.2) is 0 Å². The van der Waals surface area contributed by atoms with Crippen molar-refractivity contribution in [2.24, 2.45) is 11.7 Å². The Hall–Kier alpha value is -0.320. The van der Waals surface area contributed by atoms with Crippen molar-refractivity contribution in [3.05, 3.63) is 0 Å². The lowest BCUT2D eigenvalue weighted by Crippen LogP contribution is -2.49. The summed E-state index contributed by atoms with van der Waals surface area (Å²) in [6.45, 7) is 6.65. The summed E-state index contributed by atoms with van der Waals surface area (Å²) in [6.07, 6.45) is 4.55.